The third-order valence-corrected chi connectivity index (χ3v) is 8.37. The van der Waals surface area contributed by atoms with Crippen LogP contribution < -0.4 is 15.4 Å². The van der Waals surface area contributed by atoms with Crippen LogP contribution in [0.25, 0.3) is 5.00 Å². The molecule has 1 aliphatic rings. The molecule has 0 saturated heterocycles. The Labute approximate surface area is 207 Å². The lowest BCUT2D eigenvalue weighted by molar-refractivity contribution is 0.0527. The number of carbonyl (C=O) groups excluding carboxylic acids is 2. The second-order valence-electron chi connectivity index (χ2n) is 7.95. The van der Waals surface area contributed by atoms with Gasteiger partial charge in [-0.1, -0.05) is 18.3 Å². The number of thiophene rings is 2. The summed E-state index contributed by atoms with van der Waals surface area (Å²) >= 11 is 3.00. The summed E-state index contributed by atoms with van der Waals surface area (Å²) in [7, 11) is 1.54. The van der Waals surface area contributed by atoms with Gasteiger partial charge in [0.05, 0.1) is 13.7 Å². The van der Waals surface area contributed by atoms with Gasteiger partial charge in [-0.2, -0.15) is 0 Å². The van der Waals surface area contributed by atoms with E-state index in [1.54, 1.807) is 32.3 Å². The molecule has 0 aliphatic carbocycles. The maximum atomic E-state index is 12.9. The third-order valence-electron chi connectivity index (χ3n) is 5.93. The van der Waals surface area contributed by atoms with Crippen molar-refractivity contribution in [2.75, 3.05) is 32.1 Å². The average Bonchev–Trinajstić information content (AvgIpc) is 3.54. The number of hydrogen-bond acceptors (Lipinski definition) is 7. The van der Waals surface area contributed by atoms with Crippen molar-refractivity contribution >= 4 is 39.7 Å². The van der Waals surface area contributed by atoms with E-state index < -0.39 is 5.97 Å². The molecule has 1 aliphatic heterocycles. The number of aromatic nitrogens is 1. The number of ether oxygens (including phenoxy) is 2. The van der Waals surface area contributed by atoms with Crippen LogP contribution in [0.3, 0.4) is 0 Å². The number of methoxy groups -OCH3 is 1. The molecule has 2 amide bonds. The van der Waals surface area contributed by atoms with Crippen molar-refractivity contribution in [3.05, 3.63) is 51.7 Å². The molecule has 0 saturated carbocycles. The Morgan fingerprint density at radius 3 is 2.62 bits per heavy atom. The zero-order valence-electron chi connectivity index (χ0n) is 19.9. The molecule has 4 rings (SSSR count). The number of nitrogens with one attached hydrogen (secondary N) is 2. The van der Waals surface area contributed by atoms with Gasteiger partial charge in [-0.15, -0.1) is 11.3 Å². The van der Waals surface area contributed by atoms with E-state index in [1.165, 1.54) is 21.8 Å². The average molecular weight is 503 g/mol. The summed E-state index contributed by atoms with van der Waals surface area (Å²) in [5.41, 5.74) is 3.47. The SMILES string of the molecule is CCOC(=O)c1c(NC(=O)NCc2c(-n3cccc3)sc3c2CCN(CC)C3)sc(OC)c1C. The van der Waals surface area contributed by atoms with E-state index in [0.29, 0.717) is 27.7 Å². The van der Waals surface area contributed by atoms with Gasteiger partial charge in [-0.3, -0.25) is 10.2 Å². The first-order valence-corrected chi connectivity index (χ1v) is 13.0. The summed E-state index contributed by atoms with van der Waals surface area (Å²) in [6, 6.07) is 3.63. The molecule has 0 unspecified atom stereocenters. The highest BCUT2D eigenvalue weighted by Gasteiger charge is 2.26. The maximum absolute atomic E-state index is 12.9. The summed E-state index contributed by atoms with van der Waals surface area (Å²) in [5.74, 6) is -0.475. The molecule has 0 radical (unpaired) electrons. The fourth-order valence-electron chi connectivity index (χ4n) is 4.18. The summed E-state index contributed by atoms with van der Waals surface area (Å²) in [6.45, 7) is 9.35. The number of hydrogen-bond donors (Lipinski definition) is 2. The fraction of sp³-hybridized carbons (Fsp3) is 0.417. The molecule has 0 aromatic carbocycles. The predicted molar refractivity (Wildman–Crippen MR) is 136 cm³/mol. The minimum Gasteiger partial charge on any atom is -0.487 e. The Morgan fingerprint density at radius 1 is 1.18 bits per heavy atom. The molecule has 3 aromatic heterocycles. The van der Waals surface area contributed by atoms with Gasteiger partial charge >= 0.3 is 12.0 Å². The van der Waals surface area contributed by atoms with Crippen molar-refractivity contribution in [1.82, 2.24) is 14.8 Å². The van der Waals surface area contributed by atoms with Crippen LogP contribution in [0, 0.1) is 6.92 Å². The number of esters is 1. The molecule has 3 aromatic rings. The van der Waals surface area contributed by atoms with E-state index in [9.17, 15) is 9.59 Å². The summed E-state index contributed by atoms with van der Waals surface area (Å²) in [4.78, 5) is 29.2. The van der Waals surface area contributed by atoms with Crippen molar-refractivity contribution in [3.8, 4) is 10.1 Å². The summed E-state index contributed by atoms with van der Waals surface area (Å²) in [5, 5.41) is 7.96. The lowest BCUT2D eigenvalue weighted by atomic mass is 10.0. The van der Waals surface area contributed by atoms with Gasteiger partial charge in [0.2, 0.25) is 0 Å². The quantitative estimate of drug-likeness (QED) is 0.433. The van der Waals surface area contributed by atoms with Crippen LogP contribution in [0.5, 0.6) is 5.06 Å². The van der Waals surface area contributed by atoms with Crippen molar-refractivity contribution in [3.63, 3.8) is 0 Å². The molecular formula is C24H30N4O4S2. The standard InChI is InChI=1S/C24H30N4O4S2/c1-5-27-12-9-16-17(21(33-18(16)14-27)28-10-7-8-11-28)13-25-24(30)26-20-19(22(29)32-6-2)15(3)23(31-4)34-20/h7-8,10-11H,5-6,9,12-14H2,1-4H3,(H2,25,26,30). The molecule has 0 spiro atoms. The van der Waals surface area contributed by atoms with Gasteiger partial charge in [-0.25, -0.2) is 9.59 Å². The number of rotatable bonds is 8. The Balaban J connectivity index is 1.54. The number of fused-ring (bicyclic) bond motifs is 1. The lowest BCUT2D eigenvalue weighted by Gasteiger charge is -2.25. The van der Waals surface area contributed by atoms with Crippen molar-refractivity contribution < 1.29 is 19.1 Å². The van der Waals surface area contributed by atoms with Gasteiger partial charge < -0.3 is 19.4 Å². The van der Waals surface area contributed by atoms with Gasteiger partial charge in [0.1, 0.15) is 15.6 Å². The van der Waals surface area contributed by atoms with Crippen LogP contribution in [0.4, 0.5) is 9.80 Å². The van der Waals surface area contributed by atoms with Crippen LogP contribution in [0.1, 0.15) is 45.8 Å². The number of amides is 2. The predicted octanol–water partition coefficient (Wildman–Crippen LogP) is 4.79. The van der Waals surface area contributed by atoms with Gasteiger partial charge in [0.15, 0.2) is 5.06 Å². The zero-order valence-corrected chi connectivity index (χ0v) is 21.5. The first-order chi connectivity index (χ1) is 16.5. The molecule has 0 bridgehead atoms. The van der Waals surface area contributed by atoms with E-state index in [4.69, 9.17) is 9.47 Å². The topological polar surface area (TPSA) is 84.8 Å². The molecule has 34 heavy (non-hydrogen) atoms. The molecule has 182 valence electrons. The Kier molecular flexibility index (Phi) is 7.60. The highest BCUT2D eigenvalue weighted by Crippen LogP contribution is 2.39. The second kappa shape index (κ2) is 10.6. The molecule has 10 heteroatoms. The first kappa shape index (κ1) is 24.3. The van der Waals surface area contributed by atoms with Crippen molar-refractivity contribution in [2.24, 2.45) is 0 Å². The number of likely N-dealkylation sites (N-methyl/N-ethyl adjacent to an activating group) is 1. The molecule has 4 heterocycles. The Morgan fingerprint density at radius 2 is 1.94 bits per heavy atom. The Bertz CT molecular complexity index is 1170. The van der Waals surface area contributed by atoms with Crippen LogP contribution >= 0.6 is 22.7 Å². The number of carbonyl (C=O) groups is 2. The van der Waals surface area contributed by atoms with Crippen LogP contribution in [0.2, 0.25) is 0 Å². The second-order valence-corrected chi connectivity index (χ2v) is 10.0. The number of nitrogens with zero attached hydrogens (tertiary/aromatic N) is 2. The smallest absolute Gasteiger partial charge is 0.341 e. The highest BCUT2D eigenvalue weighted by atomic mass is 32.1. The molecule has 2 N–H and O–H groups in total. The minimum atomic E-state index is -0.475. The lowest BCUT2D eigenvalue weighted by Crippen LogP contribution is -2.31. The zero-order chi connectivity index (χ0) is 24.2. The number of anilines is 1. The van der Waals surface area contributed by atoms with Crippen molar-refractivity contribution in [1.29, 1.82) is 0 Å². The maximum Gasteiger partial charge on any atom is 0.341 e. The van der Waals surface area contributed by atoms with Crippen LogP contribution in [0.15, 0.2) is 24.5 Å². The molecule has 0 atom stereocenters. The van der Waals surface area contributed by atoms with Crippen molar-refractivity contribution in [2.45, 2.75) is 40.3 Å². The Hall–Kier alpha value is -2.82. The van der Waals surface area contributed by atoms with E-state index in [1.807, 2.05) is 24.5 Å². The molecular weight excluding hydrogens is 472 g/mol. The third kappa shape index (κ3) is 4.84. The molecule has 8 nitrogen and oxygen atoms in total. The number of urea groups is 1. The van der Waals surface area contributed by atoms with Gasteiger partial charge in [0, 0.05) is 48.0 Å². The fourth-order valence-corrected chi connectivity index (χ4v) is 6.56. The van der Waals surface area contributed by atoms with E-state index in [0.717, 1.165) is 36.6 Å². The summed E-state index contributed by atoms with van der Waals surface area (Å²) < 4.78 is 12.7. The monoisotopic (exact) mass is 502 g/mol. The van der Waals surface area contributed by atoms with Gasteiger partial charge in [0.25, 0.3) is 0 Å². The normalized spacial score (nSPS) is 13.4. The van der Waals surface area contributed by atoms with E-state index in [2.05, 4.69) is 27.0 Å². The summed E-state index contributed by atoms with van der Waals surface area (Å²) in [6.07, 6.45) is 5.03. The first-order valence-electron chi connectivity index (χ1n) is 11.3. The van der Waals surface area contributed by atoms with E-state index in [-0.39, 0.29) is 12.6 Å². The van der Waals surface area contributed by atoms with Crippen LogP contribution in [-0.4, -0.2) is 48.3 Å². The van der Waals surface area contributed by atoms with Crippen LogP contribution in [-0.2, 0) is 24.2 Å². The highest BCUT2D eigenvalue weighted by molar-refractivity contribution is 7.18. The largest absolute Gasteiger partial charge is 0.487 e. The minimum absolute atomic E-state index is 0.253. The van der Waals surface area contributed by atoms with Gasteiger partial charge in [-0.05, 0) is 44.5 Å². The molecule has 0 fully saturated rings. The van der Waals surface area contributed by atoms with E-state index >= 15 is 0 Å².